The molecule has 0 bridgehead atoms. The number of phenolic OH excluding ortho intramolecular Hbond substituents is 1. The lowest BCUT2D eigenvalue weighted by atomic mass is 10.2. The first-order valence-corrected chi connectivity index (χ1v) is 4.99. The third kappa shape index (κ3) is 2.77. The van der Waals surface area contributed by atoms with Gasteiger partial charge in [-0.2, -0.15) is 0 Å². The Bertz CT molecular complexity index is 308. The fourth-order valence-corrected chi connectivity index (χ4v) is 1.15. The third-order valence-electron chi connectivity index (χ3n) is 1.62. The van der Waals surface area contributed by atoms with Crippen molar-refractivity contribution in [2.45, 2.75) is 0 Å². The highest BCUT2D eigenvalue weighted by Gasteiger charge is 1.98. The molecule has 0 heterocycles. The standard InChI is InChI=1S/C10H11BrO2/c1-13-9-5-4-8(3-2-6-11)10(12)7-9/h2-5,7,12H,6H2,1H3. The van der Waals surface area contributed by atoms with E-state index in [0.29, 0.717) is 5.75 Å². The summed E-state index contributed by atoms with van der Waals surface area (Å²) in [6.07, 6.45) is 3.77. The summed E-state index contributed by atoms with van der Waals surface area (Å²) >= 11 is 3.27. The highest BCUT2D eigenvalue weighted by atomic mass is 79.9. The van der Waals surface area contributed by atoms with Crippen LogP contribution in [0.15, 0.2) is 24.3 Å². The average molecular weight is 243 g/mol. The minimum Gasteiger partial charge on any atom is -0.507 e. The molecule has 0 unspecified atom stereocenters. The van der Waals surface area contributed by atoms with E-state index in [2.05, 4.69) is 15.9 Å². The van der Waals surface area contributed by atoms with Crippen molar-refractivity contribution in [2.75, 3.05) is 12.4 Å². The van der Waals surface area contributed by atoms with Gasteiger partial charge in [-0.3, -0.25) is 0 Å². The molecule has 0 aromatic heterocycles. The van der Waals surface area contributed by atoms with Gasteiger partial charge in [0.1, 0.15) is 11.5 Å². The van der Waals surface area contributed by atoms with Crippen molar-refractivity contribution in [1.82, 2.24) is 0 Å². The topological polar surface area (TPSA) is 29.5 Å². The maximum atomic E-state index is 9.50. The van der Waals surface area contributed by atoms with Gasteiger partial charge in [-0.15, -0.1) is 0 Å². The molecule has 0 amide bonds. The Kier molecular flexibility index (Phi) is 3.83. The van der Waals surface area contributed by atoms with E-state index in [1.54, 1.807) is 13.2 Å². The molecule has 0 spiro atoms. The number of allylic oxidation sites excluding steroid dienone is 1. The minimum atomic E-state index is 0.233. The lowest BCUT2D eigenvalue weighted by Gasteiger charge is -2.02. The normalized spacial score (nSPS) is 10.6. The summed E-state index contributed by atoms with van der Waals surface area (Å²) in [5, 5.41) is 10.3. The second kappa shape index (κ2) is 4.92. The molecule has 2 nitrogen and oxygen atoms in total. The molecule has 1 N–H and O–H groups in total. The number of hydrogen-bond donors (Lipinski definition) is 1. The van der Waals surface area contributed by atoms with Gasteiger partial charge in [-0.25, -0.2) is 0 Å². The van der Waals surface area contributed by atoms with Crippen molar-refractivity contribution in [1.29, 1.82) is 0 Å². The van der Waals surface area contributed by atoms with Gasteiger partial charge in [-0.1, -0.05) is 28.1 Å². The summed E-state index contributed by atoms with van der Waals surface area (Å²) in [5.74, 6) is 0.894. The van der Waals surface area contributed by atoms with Crippen LogP contribution in [0.4, 0.5) is 0 Å². The Balaban J connectivity index is 2.91. The van der Waals surface area contributed by atoms with Gasteiger partial charge in [0.2, 0.25) is 0 Å². The largest absolute Gasteiger partial charge is 0.507 e. The highest BCUT2D eigenvalue weighted by Crippen LogP contribution is 2.24. The van der Waals surface area contributed by atoms with E-state index in [4.69, 9.17) is 4.74 Å². The van der Waals surface area contributed by atoms with E-state index in [1.807, 2.05) is 24.3 Å². The maximum Gasteiger partial charge on any atom is 0.126 e. The number of benzene rings is 1. The lowest BCUT2D eigenvalue weighted by Crippen LogP contribution is -1.82. The van der Waals surface area contributed by atoms with E-state index in [1.165, 1.54) is 0 Å². The number of hydrogen-bond acceptors (Lipinski definition) is 2. The van der Waals surface area contributed by atoms with Gasteiger partial charge in [0.05, 0.1) is 7.11 Å². The molecule has 70 valence electrons. The molecule has 13 heavy (non-hydrogen) atoms. The molecule has 0 aliphatic heterocycles. The summed E-state index contributed by atoms with van der Waals surface area (Å²) in [7, 11) is 1.57. The first-order chi connectivity index (χ1) is 6.27. The number of halogens is 1. The second-order valence-corrected chi connectivity index (χ2v) is 3.13. The van der Waals surface area contributed by atoms with Crippen molar-refractivity contribution >= 4 is 22.0 Å². The summed E-state index contributed by atoms with van der Waals surface area (Å²) in [6, 6.07) is 5.22. The molecule has 0 radical (unpaired) electrons. The van der Waals surface area contributed by atoms with Crippen molar-refractivity contribution in [2.24, 2.45) is 0 Å². The van der Waals surface area contributed by atoms with Crippen LogP contribution in [-0.4, -0.2) is 17.5 Å². The van der Waals surface area contributed by atoms with E-state index >= 15 is 0 Å². The monoisotopic (exact) mass is 242 g/mol. The number of ether oxygens (including phenoxy) is 1. The van der Waals surface area contributed by atoms with E-state index in [0.717, 1.165) is 10.9 Å². The van der Waals surface area contributed by atoms with Gasteiger partial charge < -0.3 is 9.84 Å². The van der Waals surface area contributed by atoms with Crippen LogP contribution in [0.3, 0.4) is 0 Å². The molecule has 0 saturated carbocycles. The van der Waals surface area contributed by atoms with Crippen LogP contribution in [0.25, 0.3) is 6.08 Å². The maximum absolute atomic E-state index is 9.50. The van der Waals surface area contributed by atoms with Gasteiger partial charge in [0.25, 0.3) is 0 Å². The predicted molar refractivity (Wildman–Crippen MR) is 57.5 cm³/mol. The van der Waals surface area contributed by atoms with Crippen molar-refractivity contribution in [3.8, 4) is 11.5 Å². The summed E-state index contributed by atoms with van der Waals surface area (Å²) in [4.78, 5) is 0. The molecule has 1 aromatic rings. The summed E-state index contributed by atoms with van der Waals surface area (Å²) < 4.78 is 4.96. The zero-order valence-corrected chi connectivity index (χ0v) is 8.91. The van der Waals surface area contributed by atoms with Gasteiger partial charge in [0, 0.05) is 17.0 Å². The van der Waals surface area contributed by atoms with Crippen LogP contribution >= 0.6 is 15.9 Å². The van der Waals surface area contributed by atoms with Crippen LogP contribution in [-0.2, 0) is 0 Å². The average Bonchev–Trinajstić information content (AvgIpc) is 2.16. The Morgan fingerprint density at radius 2 is 2.31 bits per heavy atom. The number of phenols is 1. The first kappa shape index (κ1) is 10.1. The zero-order valence-electron chi connectivity index (χ0n) is 7.33. The van der Waals surface area contributed by atoms with Gasteiger partial charge >= 0.3 is 0 Å². The van der Waals surface area contributed by atoms with Crippen LogP contribution < -0.4 is 4.74 Å². The number of aromatic hydroxyl groups is 1. The molecule has 1 aromatic carbocycles. The van der Waals surface area contributed by atoms with Crippen molar-refractivity contribution < 1.29 is 9.84 Å². The number of methoxy groups -OCH3 is 1. The third-order valence-corrected chi connectivity index (χ3v) is 2.00. The molecule has 3 heteroatoms. The second-order valence-electron chi connectivity index (χ2n) is 2.48. The first-order valence-electron chi connectivity index (χ1n) is 3.87. The predicted octanol–water partition coefficient (Wildman–Crippen LogP) is 2.81. The Morgan fingerprint density at radius 1 is 1.54 bits per heavy atom. The molecule has 0 aliphatic carbocycles. The number of rotatable bonds is 3. The van der Waals surface area contributed by atoms with Crippen LogP contribution in [0.1, 0.15) is 5.56 Å². The quantitative estimate of drug-likeness (QED) is 0.827. The highest BCUT2D eigenvalue weighted by molar-refractivity contribution is 9.09. The molecule has 0 atom stereocenters. The van der Waals surface area contributed by atoms with Crippen LogP contribution in [0.5, 0.6) is 11.5 Å². The Labute approximate surface area is 86.0 Å². The van der Waals surface area contributed by atoms with Gasteiger partial charge in [-0.05, 0) is 12.1 Å². The zero-order chi connectivity index (χ0) is 9.68. The fourth-order valence-electron chi connectivity index (χ4n) is 0.963. The smallest absolute Gasteiger partial charge is 0.126 e. The fraction of sp³-hybridized carbons (Fsp3) is 0.200. The summed E-state index contributed by atoms with van der Waals surface area (Å²) in [6.45, 7) is 0. The van der Waals surface area contributed by atoms with Gasteiger partial charge in [0.15, 0.2) is 0 Å². The van der Waals surface area contributed by atoms with E-state index in [-0.39, 0.29) is 5.75 Å². The summed E-state index contributed by atoms with van der Waals surface area (Å²) in [5.41, 5.74) is 0.792. The molecule has 1 rings (SSSR count). The molecule has 0 saturated heterocycles. The Morgan fingerprint density at radius 3 is 2.85 bits per heavy atom. The van der Waals surface area contributed by atoms with E-state index < -0.39 is 0 Å². The van der Waals surface area contributed by atoms with E-state index in [9.17, 15) is 5.11 Å². The molecule has 0 fully saturated rings. The van der Waals surface area contributed by atoms with Crippen molar-refractivity contribution in [3.63, 3.8) is 0 Å². The molecule has 0 aliphatic rings. The lowest BCUT2D eigenvalue weighted by molar-refractivity contribution is 0.407. The molecular weight excluding hydrogens is 232 g/mol. The number of alkyl halides is 1. The molecular formula is C10H11BrO2. The van der Waals surface area contributed by atoms with Crippen LogP contribution in [0.2, 0.25) is 0 Å². The van der Waals surface area contributed by atoms with Crippen molar-refractivity contribution in [3.05, 3.63) is 29.8 Å². The Hall–Kier alpha value is -0.960. The minimum absolute atomic E-state index is 0.233. The SMILES string of the molecule is COc1ccc(C=CCBr)c(O)c1. The van der Waals surface area contributed by atoms with Crippen LogP contribution in [0, 0.1) is 0 Å².